The van der Waals surface area contributed by atoms with Crippen molar-refractivity contribution in [2.45, 2.75) is 13.8 Å². The number of halogens is 2. The van der Waals surface area contributed by atoms with E-state index in [0.29, 0.717) is 0 Å². The summed E-state index contributed by atoms with van der Waals surface area (Å²) in [5.74, 6) is 0. The number of hydrogen-bond donors (Lipinski definition) is 0. The largest absolute Gasteiger partial charge is 0.253 e. The Hall–Kier alpha value is -0.600. The molecule has 0 amide bonds. The Labute approximate surface area is 96.2 Å². The normalized spacial score (nSPS) is 10.9. The predicted octanol–water partition coefficient (Wildman–Crippen LogP) is 4.27. The van der Waals surface area contributed by atoms with Crippen LogP contribution in [-0.2, 0) is 0 Å². The summed E-state index contributed by atoms with van der Waals surface area (Å²) in [5, 5.41) is 1.75. The molecule has 0 radical (unpaired) electrons. The standard InChI is InChI=1S/C11H9BrClN/c1-6-3-4-8(12)10-9(13)5-7(2)14-11(6)10/h3-5H,1-2H3. The molecule has 72 valence electrons. The molecule has 0 atom stereocenters. The highest BCUT2D eigenvalue weighted by Gasteiger charge is 2.07. The fourth-order valence-electron chi connectivity index (χ4n) is 1.51. The first kappa shape index (κ1) is 9.94. The van der Waals surface area contributed by atoms with Crippen molar-refractivity contribution < 1.29 is 0 Å². The summed E-state index contributed by atoms with van der Waals surface area (Å²) < 4.78 is 0.996. The first-order valence-electron chi connectivity index (χ1n) is 4.31. The highest BCUT2D eigenvalue weighted by atomic mass is 79.9. The maximum atomic E-state index is 6.17. The lowest BCUT2D eigenvalue weighted by molar-refractivity contribution is 1.24. The second-order valence-electron chi connectivity index (χ2n) is 3.33. The number of aromatic nitrogens is 1. The van der Waals surface area contributed by atoms with E-state index in [1.165, 1.54) is 0 Å². The number of hydrogen-bond acceptors (Lipinski definition) is 1. The predicted molar refractivity (Wildman–Crippen MR) is 63.9 cm³/mol. The third kappa shape index (κ3) is 1.53. The minimum atomic E-state index is 0.753. The molecule has 0 fully saturated rings. The van der Waals surface area contributed by atoms with Crippen LogP contribution in [0.5, 0.6) is 0 Å². The summed E-state index contributed by atoms with van der Waals surface area (Å²) in [4.78, 5) is 4.48. The molecule has 0 spiro atoms. The molecule has 0 saturated carbocycles. The number of aryl methyl sites for hydroxylation is 2. The molecular weight excluding hydrogens is 261 g/mol. The van der Waals surface area contributed by atoms with Gasteiger partial charge < -0.3 is 0 Å². The molecular formula is C11H9BrClN. The van der Waals surface area contributed by atoms with Gasteiger partial charge in [0.1, 0.15) is 0 Å². The van der Waals surface area contributed by atoms with Gasteiger partial charge in [0, 0.05) is 15.6 Å². The van der Waals surface area contributed by atoms with Crippen LogP contribution in [0, 0.1) is 13.8 Å². The topological polar surface area (TPSA) is 12.9 Å². The van der Waals surface area contributed by atoms with Crippen LogP contribution < -0.4 is 0 Å². The summed E-state index contributed by atoms with van der Waals surface area (Å²) in [6.07, 6.45) is 0. The minimum absolute atomic E-state index is 0.753. The molecule has 1 nitrogen and oxygen atoms in total. The van der Waals surface area contributed by atoms with Gasteiger partial charge in [-0.15, -0.1) is 0 Å². The van der Waals surface area contributed by atoms with Gasteiger partial charge in [-0.1, -0.05) is 33.6 Å². The van der Waals surface area contributed by atoms with Gasteiger partial charge in [-0.2, -0.15) is 0 Å². The van der Waals surface area contributed by atoms with Crippen molar-refractivity contribution in [3.05, 3.63) is 39.0 Å². The summed E-state index contributed by atoms with van der Waals surface area (Å²) in [6, 6.07) is 5.92. The SMILES string of the molecule is Cc1cc(Cl)c2c(Br)ccc(C)c2n1. The van der Waals surface area contributed by atoms with Crippen molar-refractivity contribution in [1.29, 1.82) is 0 Å². The lowest BCUT2D eigenvalue weighted by atomic mass is 10.1. The number of fused-ring (bicyclic) bond motifs is 1. The van der Waals surface area contributed by atoms with Gasteiger partial charge in [-0.3, -0.25) is 4.98 Å². The number of nitrogens with zero attached hydrogens (tertiary/aromatic N) is 1. The molecule has 14 heavy (non-hydrogen) atoms. The van der Waals surface area contributed by atoms with Crippen molar-refractivity contribution in [2.24, 2.45) is 0 Å². The van der Waals surface area contributed by atoms with E-state index in [4.69, 9.17) is 11.6 Å². The van der Waals surface area contributed by atoms with E-state index in [1.54, 1.807) is 0 Å². The lowest BCUT2D eigenvalue weighted by Crippen LogP contribution is -1.88. The van der Waals surface area contributed by atoms with Crippen LogP contribution >= 0.6 is 27.5 Å². The van der Waals surface area contributed by atoms with Crippen molar-refractivity contribution in [1.82, 2.24) is 4.98 Å². The zero-order chi connectivity index (χ0) is 10.3. The van der Waals surface area contributed by atoms with E-state index in [-0.39, 0.29) is 0 Å². The third-order valence-electron chi connectivity index (χ3n) is 2.19. The molecule has 0 aliphatic carbocycles. The molecule has 0 bridgehead atoms. The molecule has 0 aliphatic heterocycles. The number of benzene rings is 1. The van der Waals surface area contributed by atoms with Gasteiger partial charge in [0.25, 0.3) is 0 Å². The van der Waals surface area contributed by atoms with E-state index in [1.807, 2.05) is 32.0 Å². The summed E-state index contributed by atoms with van der Waals surface area (Å²) in [5.41, 5.74) is 3.07. The summed E-state index contributed by atoms with van der Waals surface area (Å²) >= 11 is 9.65. The fourth-order valence-corrected chi connectivity index (χ4v) is 2.50. The maximum absolute atomic E-state index is 6.17. The number of rotatable bonds is 0. The summed E-state index contributed by atoms with van der Waals surface area (Å²) in [6.45, 7) is 3.99. The van der Waals surface area contributed by atoms with Gasteiger partial charge in [0.2, 0.25) is 0 Å². The second kappa shape index (κ2) is 3.52. The van der Waals surface area contributed by atoms with E-state index in [0.717, 1.165) is 31.7 Å². The number of pyridine rings is 1. The average molecular weight is 271 g/mol. The Balaban J connectivity index is 3.00. The molecule has 1 heterocycles. The van der Waals surface area contributed by atoms with Crippen LogP contribution in [0.4, 0.5) is 0 Å². The first-order chi connectivity index (χ1) is 6.59. The Morgan fingerprint density at radius 1 is 1.29 bits per heavy atom. The molecule has 0 N–H and O–H groups in total. The third-order valence-corrected chi connectivity index (χ3v) is 3.15. The lowest BCUT2D eigenvalue weighted by Gasteiger charge is -2.06. The van der Waals surface area contributed by atoms with Crippen molar-refractivity contribution in [3.8, 4) is 0 Å². The van der Waals surface area contributed by atoms with Crippen molar-refractivity contribution in [3.63, 3.8) is 0 Å². The maximum Gasteiger partial charge on any atom is 0.0760 e. The summed E-state index contributed by atoms with van der Waals surface area (Å²) in [7, 11) is 0. The highest BCUT2D eigenvalue weighted by Crippen LogP contribution is 2.31. The van der Waals surface area contributed by atoms with Crippen molar-refractivity contribution >= 4 is 38.4 Å². The van der Waals surface area contributed by atoms with E-state index in [2.05, 4.69) is 20.9 Å². The van der Waals surface area contributed by atoms with E-state index >= 15 is 0 Å². The Kier molecular flexibility index (Phi) is 2.50. The van der Waals surface area contributed by atoms with Gasteiger partial charge in [-0.25, -0.2) is 0 Å². The van der Waals surface area contributed by atoms with Crippen LogP contribution in [-0.4, -0.2) is 4.98 Å². The Bertz CT molecular complexity index is 508. The molecule has 3 heteroatoms. The quantitative estimate of drug-likeness (QED) is 0.697. The van der Waals surface area contributed by atoms with Gasteiger partial charge in [0.05, 0.1) is 10.5 Å². The molecule has 1 aromatic carbocycles. The minimum Gasteiger partial charge on any atom is -0.253 e. The molecule has 1 aromatic heterocycles. The van der Waals surface area contributed by atoms with E-state index in [9.17, 15) is 0 Å². The molecule has 0 aliphatic rings. The monoisotopic (exact) mass is 269 g/mol. The Morgan fingerprint density at radius 2 is 2.00 bits per heavy atom. The molecule has 0 unspecified atom stereocenters. The van der Waals surface area contributed by atoms with Gasteiger partial charge in [0.15, 0.2) is 0 Å². The van der Waals surface area contributed by atoms with Gasteiger partial charge in [-0.05, 0) is 31.5 Å². The molecule has 2 aromatic rings. The average Bonchev–Trinajstić information content (AvgIpc) is 2.10. The smallest absolute Gasteiger partial charge is 0.0760 e. The zero-order valence-corrected chi connectivity index (χ0v) is 10.3. The highest BCUT2D eigenvalue weighted by molar-refractivity contribution is 9.10. The first-order valence-corrected chi connectivity index (χ1v) is 5.48. The van der Waals surface area contributed by atoms with E-state index < -0.39 is 0 Å². The van der Waals surface area contributed by atoms with Crippen LogP contribution in [0.25, 0.3) is 10.9 Å². The zero-order valence-electron chi connectivity index (χ0n) is 7.94. The van der Waals surface area contributed by atoms with Crippen LogP contribution in [0.15, 0.2) is 22.7 Å². The van der Waals surface area contributed by atoms with Gasteiger partial charge >= 0.3 is 0 Å². The van der Waals surface area contributed by atoms with Crippen LogP contribution in [0.3, 0.4) is 0 Å². The van der Waals surface area contributed by atoms with Crippen LogP contribution in [0.2, 0.25) is 5.02 Å². The van der Waals surface area contributed by atoms with Crippen molar-refractivity contribution in [2.75, 3.05) is 0 Å². The molecule has 0 saturated heterocycles. The fraction of sp³-hybridized carbons (Fsp3) is 0.182. The van der Waals surface area contributed by atoms with Crippen LogP contribution in [0.1, 0.15) is 11.3 Å². The molecule has 2 rings (SSSR count). The Morgan fingerprint density at radius 3 is 2.71 bits per heavy atom. The second-order valence-corrected chi connectivity index (χ2v) is 4.59.